The molecule has 4 nitrogen and oxygen atoms in total. The minimum absolute atomic E-state index is 0.400. The molecule has 0 spiro atoms. The first-order valence-electron chi connectivity index (χ1n) is 10.0. The first-order valence-corrected chi connectivity index (χ1v) is 10.0. The van der Waals surface area contributed by atoms with Crippen LogP contribution in [0.4, 0.5) is 0 Å². The average molecular weight is 370 g/mol. The fourth-order valence-electron chi connectivity index (χ4n) is 3.34. The molecule has 1 heterocycles. The molecule has 0 bridgehead atoms. The zero-order valence-corrected chi connectivity index (χ0v) is 16.3. The molecule has 1 N–H and O–H groups in total. The van der Waals surface area contributed by atoms with Crippen LogP contribution in [-0.4, -0.2) is 42.9 Å². The lowest BCUT2D eigenvalue weighted by molar-refractivity contribution is 0.149. The Morgan fingerprint density at radius 3 is 2.04 bits per heavy atom. The van der Waals surface area contributed by atoms with Crippen molar-refractivity contribution in [3.05, 3.63) is 59.7 Å². The van der Waals surface area contributed by atoms with Gasteiger partial charge in [-0.2, -0.15) is 0 Å². The molecule has 3 rings (SSSR count). The number of aryl methyl sites for hydroxylation is 1. The molecule has 4 heteroatoms. The lowest BCUT2D eigenvalue weighted by atomic mass is 10.1. The summed E-state index contributed by atoms with van der Waals surface area (Å²) in [6.07, 6.45) is 3.80. The molecule has 0 radical (unpaired) electrons. The smallest absolute Gasteiger partial charge is 0.119 e. The van der Waals surface area contributed by atoms with Gasteiger partial charge in [0, 0.05) is 13.0 Å². The van der Waals surface area contributed by atoms with Gasteiger partial charge in [0.05, 0.1) is 19.3 Å². The highest BCUT2D eigenvalue weighted by atomic mass is 16.5. The zero-order valence-electron chi connectivity index (χ0n) is 16.3. The maximum Gasteiger partial charge on any atom is 0.119 e. The molecule has 1 fully saturated rings. The van der Waals surface area contributed by atoms with Crippen molar-refractivity contribution in [3.8, 4) is 11.5 Å². The molecule has 0 unspecified atom stereocenters. The standard InChI is InChI=1S/C23H31NO3/c1-19-5-9-21(10-6-19)26-17-4-18-27-22-11-7-20(8-12-22)23(25)13-16-24-14-2-3-15-24/h5-12,23,25H,2-4,13-18H2,1H3/t23-/m0/s1. The average Bonchev–Trinajstić information content (AvgIpc) is 3.21. The Kier molecular flexibility index (Phi) is 7.55. The molecule has 1 saturated heterocycles. The molecule has 0 amide bonds. The van der Waals surface area contributed by atoms with Gasteiger partial charge in [0.15, 0.2) is 0 Å². The van der Waals surface area contributed by atoms with E-state index in [-0.39, 0.29) is 0 Å². The number of rotatable bonds is 10. The summed E-state index contributed by atoms with van der Waals surface area (Å²) in [6.45, 7) is 6.63. The van der Waals surface area contributed by atoms with Crippen LogP contribution in [0.25, 0.3) is 0 Å². The number of hydrogen-bond donors (Lipinski definition) is 1. The highest BCUT2D eigenvalue weighted by Gasteiger charge is 2.14. The number of hydrogen-bond acceptors (Lipinski definition) is 4. The molecule has 2 aromatic rings. The van der Waals surface area contributed by atoms with Crippen LogP contribution < -0.4 is 9.47 Å². The quantitative estimate of drug-likeness (QED) is 0.632. The van der Waals surface area contributed by atoms with E-state index in [1.165, 1.54) is 31.5 Å². The zero-order chi connectivity index (χ0) is 18.9. The minimum Gasteiger partial charge on any atom is -0.493 e. The molecule has 0 aliphatic carbocycles. The van der Waals surface area contributed by atoms with Gasteiger partial charge in [0.2, 0.25) is 0 Å². The number of likely N-dealkylation sites (tertiary alicyclic amines) is 1. The van der Waals surface area contributed by atoms with Crippen LogP contribution in [-0.2, 0) is 0 Å². The van der Waals surface area contributed by atoms with Crippen molar-refractivity contribution in [2.45, 2.75) is 38.7 Å². The van der Waals surface area contributed by atoms with Gasteiger partial charge in [0.1, 0.15) is 11.5 Å². The molecule has 1 atom stereocenters. The summed E-state index contributed by atoms with van der Waals surface area (Å²) in [5, 5.41) is 10.4. The Labute approximate surface area is 162 Å². The molecule has 0 aromatic heterocycles. The fraction of sp³-hybridized carbons (Fsp3) is 0.478. The fourth-order valence-corrected chi connectivity index (χ4v) is 3.34. The number of aliphatic hydroxyl groups excluding tert-OH is 1. The summed E-state index contributed by atoms with van der Waals surface area (Å²) in [5.41, 5.74) is 2.19. The highest BCUT2D eigenvalue weighted by Crippen LogP contribution is 2.21. The predicted molar refractivity (Wildman–Crippen MR) is 108 cm³/mol. The van der Waals surface area contributed by atoms with E-state index < -0.39 is 6.10 Å². The van der Waals surface area contributed by atoms with E-state index in [1.54, 1.807) is 0 Å². The molecule has 1 aliphatic rings. The minimum atomic E-state index is -0.400. The van der Waals surface area contributed by atoms with E-state index in [0.717, 1.165) is 36.4 Å². The Balaban J connectivity index is 1.32. The summed E-state index contributed by atoms with van der Waals surface area (Å²) in [5.74, 6) is 1.73. The second-order valence-electron chi connectivity index (χ2n) is 7.29. The van der Waals surface area contributed by atoms with Crippen molar-refractivity contribution in [1.29, 1.82) is 0 Å². The van der Waals surface area contributed by atoms with Crippen molar-refractivity contribution >= 4 is 0 Å². The summed E-state index contributed by atoms with van der Waals surface area (Å²) in [7, 11) is 0. The van der Waals surface area contributed by atoms with Gasteiger partial charge in [-0.15, -0.1) is 0 Å². The van der Waals surface area contributed by atoms with Gasteiger partial charge in [-0.05, 0) is 69.1 Å². The topological polar surface area (TPSA) is 41.9 Å². The second kappa shape index (κ2) is 10.3. The number of ether oxygens (including phenoxy) is 2. The number of benzene rings is 2. The Morgan fingerprint density at radius 1 is 0.889 bits per heavy atom. The van der Waals surface area contributed by atoms with E-state index in [0.29, 0.717) is 13.2 Å². The maximum absolute atomic E-state index is 10.4. The Hall–Kier alpha value is -2.04. The molecule has 0 saturated carbocycles. The van der Waals surface area contributed by atoms with Crippen molar-refractivity contribution in [2.75, 3.05) is 32.8 Å². The molecule has 1 aliphatic heterocycles. The van der Waals surface area contributed by atoms with E-state index in [2.05, 4.69) is 11.8 Å². The van der Waals surface area contributed by atoms with Crippen LogP contribution in [0.1, 0.15) is 42.9 Å². The van der Waals surface area contributed by atoms with Gasteiger partial charge in [0.25, 0.3) is 0 Å². The van der Waals surface area contributed by atoms with Crippen LogP contribution in [0, 0.1) is 6.92 Å². The molecule has 27 heavy (non-hydrogen) atoms. The van der Waals surface area contributed by atoms with Crippen LogP contribution >= 0.6 is 0 Å². The van der Waals surface area contributed by atoms with E-state index in [4.69, 9.17) is 9.47 Å². The predicted octanol–water partition coefficient (Wildman–Crippen LogP) is 4.36. The summed E-state index contributed by atoms with van der Waals surface area (Å²) < 4.78 is 11.5. The van der Waals surface area contributed by atoms with Gasteiger partial charge >= 0.3 is 0 Å². The third kappa shape index (κ3) is 6.56. The molecular formula is C23H31NO3. The van der Waals surface area contributed by atoms with Crippen LogP contribution in [0.5, 0.6) is 11.5 Å². The van der Waals surface area contributed by atoms with Crippen LogP contribution in [0.15, 0.2) is 48.5 Å². The lowest BCUT2D eigenvalue weighted by Crippen LogP contribution is -2.22. The molecular weight excluding hydrogens is 338 g/mol. The normalized spacial score (nSPS) is 15.6. The Bertz CT molecular complexity index is 663. The summed E-state index contributed by atoms with van der Waals surface area (Å²) in [4.78, 5) is 2.43. The second-order valence-corrected chi connectivity index (χ2v) is 7.29. The van der Waals surface area contributed by atoms with Crippen molar-refractivity contribution in [3.63, 3.8) is 0 Å². The first-order chi connectivity index (χ1) is 13.2. The maximum atomic E-state index is 10.4. The van der Waals surface area contributed by atoms with E-state index >= 15 is 0 Å². The number of aliphatic hydroxyl groups is 1. The molecule has 2 aromatic carbocycles. The Morgan fingerprint density at radius 2 is 1.44 bits per heavy atom. The van der Waals surface area contributed by atoms with Crippen molar-refractivity contribution < 1.29 is 14.6 Å². The van der Waals surface area contributed by atoms with Crippen molar-refractivity contribution in [1.82, 2.24) is 4.90 Å². The largest absolute Gasteiger partial charge is 0.493 e. The number of nitrogens with zero attached hydrogens (tertiary/aromatic N) is 1. The first kappa shape index (κ1) is 19.7. The van der Waals surface area contributed by atoms with E-state index in [1.807, 2.05) is 48.5 Å². The third-order valence-electron chi connectivity index (χ3n) is 5.03. The van der Waals surface area contributed by atoms with Gasteiger partial charge in [-0.3, -0.25) is 0 Å². The van der Waals surface area contributed by atoms with Gasteiger partial charge < -0.3 is 19.5 Å². The monoisotopic (exact) mass is 369 g/mol. The van der Waals surface area contributed by atoms with Crippen molar-refractivity contribution in [2.24, 2.45) is 0 Å². The SMILES string of the molecule is Cc1ccc(OCCCOc2ccc([C@@H](O)CCN3CCCC3)cc2)cc1. The van der Waals surface area contributed by atoms with Gasteiger partial charge in [-0.1, -0.05) is 29.8 Å². The van der Waals surface area contributed by atoms with Gasteiger partial charge in [-0.25, -0.2) is 0 Å². The van der Waals surface area contributed by atoms with Crippen LogP contribution in [0.3, 0.4) is 0 Å². The van der Waals surface area contributed by atoms with E-state index in [9.17, 15) is 5.11 Å². The highest BCUT2D eigenvalue weighted by molar-refractivity contribution is 5.28. The third-order valence-corrected chi connectivity index (χ3v) is 5.03. The summed E-state index contributed by atoms with van der Waals surface area (Å²) in [6, 6.07) is 15.9. The van der Waals surface area contributed by atoms with Crippen LogP contribution in [0.2, 0.25) is 0 Å². The molecule has 146 valence electrons. The summed E-state index contributed by atoms with van der Waals surface area (Å²) >= 11 is 0. The lowest BCUT2D eigenvalue weighted by Gasteiger charge is -2.18.